The Labute approximate surface area is 170 Å². The molecule has 156 valence electrons. The Kier molecular flexibility index (Phi) is 5.91. The molecule has 0 spiro atoms. The highest BCUT2D eigenvalue weighted by molar-refractivity contribution is 6.08. The van der Waals surface area contributed by atoms with Crippen LogP contribution in [0.5, 0.6) is 0 Å². The molecule has 8 heteroatoms. The van der Waals surface area contributed by atoms with E-state index in [1.165, 1.54) is 0 Å². The molecule has 8 nitrogen and oxygen atoms in total. The number of benzene rings is 1. The Balaban J connectivity index is 1.59. The third-order valence-electron chi connectivity index (χ3n) is 5.67. The number of urea groups is 1. The molecular formula is C21H27N3O5. The molecule has 1 N–H and O–H groups in total. The monoisotopic (exact) mass is 401 g/mol. The zero-order valence-electron chi connectivity index (χ0n) is 17.1. The quantitative estimate of drug-likeness (QED) is 0.599. The van der Waals surface area contributed by atoms with Gasteiger partial charge in [0.05, 0.1) is 0 Å². The maximum atomic E-state index is 12.8. The number of imide groups is 1. The van der Waals surface area contributed by atoms with Crippen LogP contribution in [0.1, 0.15) is 44.2 Å². The number of hydrogen-bond acceptors (Lipinski definition) is 5. The Bertz CT molecular complexity index is 822. The molecule has 4 amide bonds. The average molecular weight is 401 g/mol. The lowest BCUT2D eigenvalue weighted by Crippen LogP contribution is -2.45. The van der Waals surface area contributed by atoms with Crippen LogP contribution in [0, 0.1) is 6.92 Å². The van der Waals surface area contributed by atoms with Gasteiger partial charge in [0.1, 0.15) is 12.1 Å². The van der Waals surface area contributed by atoms with E-state index in [1.54, 1.807) is 24.0 Å². The number of nitrogens with zero attached hydrogens (tertiary/aromatic N) is 2. The van der Waals surface area contributed by atoms with Crippen molar-refractivity contribution in [3.05, 3.63) is 35.4 Å². The third-order valence-corrected chi connectivity index (χ3v) is 5.67. The molecule has 0 aliphatic carbocycles. The molecule has 2 fully saturated rings. The van der Waals surface area contributed by atoms with E-state index in [1.807, 2.05) is 26.0 Å². The van der Waals surface area contributed by atoms with Gasteiger partial charge >= 0.3 is 12.0 Å². The van der Waals surface area contributed by atoms with Crippen LogP contribution in [0.3, 0.4) is 0 Å². The average Bonchev–Trinajstić information content (AvgIpc) is 2.91. The Morgan fingerprint density at radius 2 is 1.90 bits per heavy atom. The van der Waals surface area contributed by atoms with E-state index in [9.17, 15) is 19.2 Å². The fourth-order valence-electron chi connectivity index (χ4n) is 3.79. The molecule has 0 radical (unpaired) electrons. The minimum Gasteiger partial charge on any atom is -0.454 e. The SMILES string of the molecule is Cc1ccc([C@@]2(C)NC(=O)N(CC(=O)OCC(=O)N3CCCC[C@@H]3C)C2=O)cc1. The molecule has 2 heterocycles. The van der Waals surface area contributed by atoms with Gasteiger partial charge in [0, 0.05) is 12.6 Å². The number of ether oxygens (including phenoxy) is 1. The van der Waals surface area contributed by atoms with E-state index >= 15 is 0 Å². The first-order chi connectivity index (χ1) is 13.7. The normalized spacial score (nSPS) is 24.4. The molecule has 1 aromatic rings. The predicted molar refractivity (Wildman–Crippen MR) is 105 cm³/mol. The van der Waals surface area contributed by atoms with Gasteiger partial charge in [-0.05, 0) is 45.6 Å². The van der Waals surface area contributed by atoms with E-state index in [2.05, 4.69) is 5.32 Å². The second-order valence-corrected chi connectivity index (χ2v) is 7.91. The lowest BCUT2D eigenvalue weighted by Gasteiger charge is -2.33. The first-order valence-corrected chi connectivity index (χ1v) is 9.88. The number of rotatable bonds is 5. The zero-order chi connectivity index (χ0) is 21.2. The molecule has 29 heavy (non-hydrogen) atoms. The highest BCUT2D eigenvalue weighted by Gasteiger charge is 2.49. The van der Waals surface area contributed by atoms with Crippen LogP contribution in [-0.4, -0.2) is 59.4 Å². The maximum absolute atomic E-state index is 12.8. The smallest absolute Gasteiger partial charge is 0.326 e. The molecule has 1 aromatic carbocycles. The van der Waals surface area contributed by atoms with Crippen molar-refractivity contribution in [1.82, 2.24) is 15.1 Å². The van der Waals surface area contributed by atoms with Crippen molar-refractivity contribution >= 4 is 23.8 Å². The summed E-state index contributed by atoms with van der Waals surface area (Å²) in [5, 5.41) is 2.65. The van der Waals surface area contributed by atoms with Gasteiger partial charge in [-0.1, -0.05) is 29.8 Å². The van der Waals surface area contributed by atoms with Gasteiger partial charge in [-0.3, -0.25) is 19.3 Å². The van der Waals surface area contributed by atoms with Gasteiger partial charge in [0.25, 0.3) is 11.8 Å². The minimum absolute atomic E-state index is 0.121. The molecule has 0 aromatic heterocycles. The van der Waals surface area contributed by atoms with E-state index in [0.717, 1.165) is 29.7 Å². The van der Waals surface area contributed by atoms with Crippen molar-refractivity contribution in [2.75, 3.05) is 19.7 Å². The van der Waals surface area contributed by atoms with Crippen molar-refractivity contribution in [1.29, 1.82) is 0 Å². The van der Waals surface area contributed by atoms with Crippen molar-refractivity contribution < 1.29 is 23.9 Å². The molecular weight excluding hydrogens is 374 g/mol. The van der Waals surface area contributed by atoms with Gasteiger partial charge in [-0.2, -0.15) is 0 Å². The summed E-state index contributed by atoms with van der Waals surface area (Å²) in [5.74, 6) is -1.58. The highest BCUT2D eigenvalue weighted by atomic mass is 16.5. The predicted octanol–water partition coefficient (Wildman–Crippen LogP) is 1.71. The van der Waals surface area contributed by atoms with Crippen LogP contribution in [0.4, 0.5) is 4.79 Å². The standard InChI is InChI=1S/C21H27N3O5/c1-14-7-9-16(10-8-14)21(3)19(27)24(20(28)22-21)12-18(26)29-13-17(25)23-11-5-4-6-15(23)2/h7-10,15H,4-6,11-13H2,1-3H3,(H,22,28)/t15-,21+/m0/s1. The van der Waals surface area contributed by atoms with E-state index in [4.69, 9.17) is 4.74 Å². The molecule has 0 saturated carbocycles. The number of aryl methyl sites for hydroxylation is 1. The molecule has 2 aliphatic heterocycles. The van der Waals surface area contributed by atoms with Crippen LogP contribution < -0.4 is 5.32 Å². The minimum atomic E-state index is -1.25. The lowest BCUT2D eigenvalue weighted by molar-refractivity contribution is -0.155. The number of hydrogen-bond donors (Lipinski definition) is 1. The molecule has 3 rings (SSSR count). The highest BCUT2D eigenvalue weighted by Crippen LogP contribution is 2.29. The summed E-state index contributed by atoms with van der Waals surface area (Å²) in [6, 6.07) is 6.71. The number of piperidine rings is 1. The van der Waals surface area contributed by atoms with Crippen LogP contribution in [0.2, 0.25) is 0 Å². The van der Waals surface area contributed by atoms with Crippen molar-refractivity contribution in [3.63, 3.8) is 0 Å². The molecule has 2 saturated heterocycles. The molecule has 2 atom stereocenters. The second kappa shape index (κ2) is 8.23. The summed E-state index contributed by atoms with van der Waals surface area (Å²) in [6.07, 6.45) is 2.94. The number of esters is 1. The second-order valence-electron chi connectivity index (χ2n) is 7.91. The van der Waals surface area contributed by atoms with Gasteiger partial charge < -0.3 is 15.0 Å². The Hall–Kier alpha value is -2.90. The molecule has 2 aliphatic rings. The van der Waals surface area contributed by atoms with Crippen LogP contribution in [-0.2, 0) is 24.7 Å². The summed E-state index contributed by atoms with van der Waals surface area (Å²) in [4.78, 5) is 52.2. The summed E-state index contributed by atoms with van der Waals surface area (Å²) >= 11 is 0. The van der Waals surface area contributed by atoms with Gasteiger partial charge in [-0.15, -0.1) is 0 Å². The maximum Gasteiger partial charge on any atom is 0.326 e. The van der Waals surface area contributed by atoms with Crippen molar-refractivity contribution in [3.8, 4) is 0 Å². The Morgan fingerprint density at radius 1 is 1.21 bits per heavy atom. The molecule has 0 bridgehead atoms. The van der Waals surface area contributed by atoms with Crippen molar-refractivity contribution in [2.45, 2.75) is 51.6 Å². The summed E-state index contributed by atoms with van der Waals surface area (Å²) < 4.78 is 5.05. The summed E-state index contributed by atoms with van der Waals surface area (Å²) in [5.41, 5.74) is 0.415. The van der Waals surface area contributed by atoms with E-state index in [-0.39, 0.29) is 18.6 Å². The first kappa shape index (κ1) is 20.8. The van der Waals surface area contributed by atoms with Crippen molar-refractivity contribution in [2.24, 2.45) is 0 Å². The largest absolute Gasteiger partial charge is 0.454 e. The number of likely N-dealkylation sites (tertiary alicyclic amines) is 1. The van der Waals surface area contributed by atoms with Gasteiger partial charge in [-0.25, -0.2) is 4.79 Å². The van der Waals surface area contributed by atoms with Crippen LogP contribution >= 0.6 is 0 Å². The topological polar surface area (TPSA) is 96.0 Å². The number of nitrogens with one attached hydrogen (secondary N) is 1. The Morgan fingerprint density at radius 3 is 2.55 bits per heavy atom. The lowest BCUT2D eigenvalue weighted by atomic mass is 9.91. The van der Waals surface area contributed by atoms with E-state index in [0.29, 0.717) is 12.1 Å². The van der Waals surface area contributed by atoms with Gasteiger partial charge in [0.2, 0.25) is 0 Å². The van der Waals surface area contributed by atoms with E-state index < -0.39 is 30.0 Å². The summed E-state index contributed by atoms with van der Waals surface area (Å²) in [7, 11) is 0. The third kappa shape index (κ3) is 4.26. The van der Waals surface area contributed by atoms with Crippen LogP contribution in [0.25, 0.3) is 0 Å². The fraction of sp³-hybridized carbons (Fsp3) is 0.524. The number of carbonyl (C=O) groups is 4. The first-order valence-electron chi connectivity index (χ1n) is 9.88. The number of carbonyl (C=O) groups excluding carboxylic acids is 4. The molecule has 0 unspecified atom stereocenters. The van der Waals surface area contributed by atoms with Crippen LogP contribution in [0.15, 0.2) is 24.3 Å². The summed E-state index contributed by atoms with van der Waals surface area (Å²) in [6.45, 7) is 5.23. The zero-order valence-corrected chi connectivity index (χ0v) is 17.1. The van der Waals surface area contributed by atoms with Gasteiger partial charge in [0.15, 0.2) is 6.61 Å². The fourth-order valence-corrected chi connectivity index (χ4v) is 3.79. The number of amides is 4.